The van der Waals surface area contributed by atoms with Gasteiger partial charge in [0.15, 0.2) is 0 Å². The molecule has 1 unspecified atom stereocenters. The maximum Gasteiger partial charge on any atom is 0.121 e. The van der Waals surface area contributed by atoms with E-state index in [1.165, 1.54) is 0 Å². The Hall–Kier alpha value is -1.32. The van der Waals surface area contributed by atoms with E-state index in [1.807, 2.05) is 6.07 Å². The van der Waals surface area contributed by atoms with Crippen LogP contribution in [0.2, 0.25) is 5.02 Å². The van der Waals surface area contributed by atoms with Gasteiger partial charge in [0.05, 0.1) is 16.7 Å². The van der Waals surface area contributed by atoms with Gasteiger partial charge in [-0.15, -0.1) is 0 Å². The van der Waals surface area contributed by atoms with Gasteiger partial charge in [-0.1, -0.05) is 11.6 Å². The smallest absolute Gasteiger partial charge is 0.121 e. The number of aliphatic hydroxyl groups excluding tert-OH is 1. The maximum absolute atomic E-state index is 9.55. The lowest BCUT2D eigenvalue weighted by Crippen LogP contribution is -2.43. The van der Waals surface area contributed by atoms with Crippen LogP contribution in [0.5, 0.6) is 5.75 Å². The second-order valence-corrected chi connectivity index (χ2v) is 5.67. The van der Waals surface area contributed by atoms with Crippen LogP contribution in [0.25, 0.3) is 0 Å². The Kier molecular flexibility index (Phi) is 5.83. The fourth-order valence-electron chi connectivity index (χ4n) is 2.43. The van der Waals surface area contributed by atoms with Crippen molar-refractivity contribution < 1.29 is 9.84 Å². The van der Waals surface area contributed by atoms with Crippen LogP contribution < -0.4 is 10.5 Å². The van der Waals surface area contributed by atoms with Crippen molar-refractivity contribution in [1.82, 2.24) is 4.90 Å². The molecule has 0 aromatic heterocycles. The van der Waals surface area contributed by atoms with E-state index in [-0.39, 0.29) is 6.10 Å². The molecule has 21 heavy (non-hydrogen) atoms. The summed E-state index contributed by atoms with van der Waals surface area (Å²) in [6, 6.07) is 7.16. The number of nitrogens with two attached hydrogens (primary N) is 1. The van der Waals surface area contributed by atoms with Gasteiger partial charge in [-0.2, -0.15) is 5.26 Å². The summed E-state index contributed by atoms with van der Waals surface area (Å²) in [5.41, 5.74) is 5.87. The highest BCUT2D eigenvalue weighted by atomic mass is 35.5. The van der Waals surface area contributed by atoms with Gasteiger partial charge in [-0.3, -0.25) is 0 Å². The molecule has 2 rings (SSSR count). The first-order valence-electron chi connectivity index (χ1n) is 7.09. The number of piperidine rings is 1. The number of hydrogen-bond donors (Lipinski definition) is 2. The molecule has 3 N–H and O–H groups in total. The fraction of sp³-hybridized carbons (Fsp3) is 0.533. The molecule has 1 aliphatic heterocycles. The SMILES string of the molecule is N#Cc1ccc(OC2CCN(CC(O)CN)CC2)cc1Cl. The summed E-state index contributed by atoms with van der Waals surface area (Å²) in [7, 11) is 0. The van der Waals surface area contributed by atoms with E-state index < -0.39 is 6.10 Å². The molecule has 1 aliphatic rings. The zero-order valence-corrected chi connectivity index (χ0v) is 12.6. The average molecular weight is 310 g/mol. The van der Waals surface area contributed by atoms with Crippen molar-refractivity contribution >= 4 is 11.6 Å². The lowest BCUT2D eigenvalue weighted by molar-refractivity contribution is 0.0641. The van der Waals surface area contributed by atoms with E-state index in [0.29, 0.717) is 29.4 Å². The van der Waals surface area contributed by atoms with Gasteiger partial charge < -0.3 is 20.5 Å². The fourth-order valence-corrected chi connectivity index (χ4v) is 2.65. The van der Waals surface area contributed by atoms with E-state index in [2.05, 4.69) is 4.90 Å². The number of benzene rings is 1. The van der Waals surface area contributed by atoms with Crippen molar-refractivity contribution in [3.63, 3.8) is 0 Å². The van der Waals surface area contributed by atoms with Crippen LogP contribution in [0.1, 0.15) is 18.4 Å². The number of hydrogen-bond acceptors (Lipinski definition) is 5. The standard InChI is InChI=1S/C15H20ClN3O2/c16-15-7-14(2-1-11(15)8-17)21-13-3-5-19(6-4-13)10-12(20)9-18/h1-2,7,12-13,20H,3-6,9-10,18H2. The highest BCUT2D eigenvalue weighted by Crippen LogP contribution is 2.25. The van der Waals surface area contributed by atoms with Gasteiger partial charge in [0, 0.05) is 32.2 Å². The highest BCUT2D eigenvalue weighted by molar-refractivity contribution is 6.31. The molecular weight excluding hydrogens is 290 g/mol. The third-order valence-corrected chi connectivity index (χ3v) is 3.95. The van der Waals surface area contributed by atoms with Crippen molar-refractivity contribution in [2.45, 2.75) is 25.0 Å². The molecule has 0 amide bonds. The van der Waals surface area contributed by atoms with Crippen LogP contribution in [0.15, 0.2) is 18.2 Å². The monoisotopic (exact) mass is 309 g/mol. The molecule has 0 radical (unpaired) electrons. The Morgan fingerprint density at radius 1 is 1.48 bits per heavy atom. The first kappa shape index (κ1) is 16.1. The lowest BCUT2D eigenvalue weighted by atomic mass is 10.1. The Balaban J connectivity index is 1.83. The maximum atomic E-state index is 9.55. The molecule has 1 aromatic rings. The molecule has 0 spiro atoms. The summed E-state index contributed by atoms with van der Waals surface area (Å²) in [6.45, 7) is 2.67. The van der Waals surface area contributed by atoms with Gasteiger partial charge in [0.25, 0.3) is 0 Å². The van der Waals surface area contributed by atoms with Gasteiger partial charge in [-0.05, 0) is 25.0 Å². The van der Waals surface area contributed by atoms with Crippen molar-refractivity contribution in [3.8, 4) is 11.8 Å². The molecule has 6 heteroatoms. The Labute approximate surface area is 129 Å². The number of nitrogens with zero attached hydrogens (tertiary/aromatic N) is 2. The largest absolute Gasteiger partial charge is 0.490 e. The number of halogens is 1. The van der Waals surface area contributed by atoms with Crippen molar-refractivity contribution in [2.75, 3.05) is 26.2 Å². The van der Waals surface area contributed by atoms with E-state index in [1.54, 1.807) is 18.2 Å². The van der Waals surface area contributed by atoms with E-state index >= 15 is 0 Å². The minimum absolute atomic E-state index is 0.139. The molecule has 1 saturated heterocycles. The van der Waals surface area contributed by atoms with Gasteiger partial charge in [0.2, 0.25) is 0 Å². The minimum Gasteiger partial charge on any atom is -0.490 e. The van der Waals surface area contributed by atoms with Gasteiger partial charge in [0.1, 0.15) is 17.9 Å². The van der Waals surface area contributed by atoms with E-state index in [0.717, 1.165) is 25.9 Å². The molecule has 0 aliphatic carbocycles. The topological polar surface area (TPSA) is 82.5 Å². The normalized spacial score (nSPS) is 18.2. The Morgan fingerprint density at radius 2 is 2.19 bits per heavy atom. The van der Waals surface area contributed by atoms with Crippen LogP contribution in [0.4, 0.5) is 0 Å². The molecule has 1 heterocycles. The Morgan fingerprint density at radius 3 is 2.76 bits per heavy atom. The number of likely N-dealkylation sites (tertiary alicyclic amines) is 1. The summed E-state index contributed by atoms with van der Waals surface area (Å²) in [4.78, 5) is 2.20. The van der Waals surface area contributed by atoms with E-state index in [4.69, 9.17) is 27.3 Å². The predicted octanol–water partition coefficient (Wildman–Crippen LogP) is 1.37. The van der Waals surface area contributed by atoms with E-state index in [9.17, 15) is 5.11 Å². The van der Waals surface area contributed by atoms with Crippen LogP contribution in [0, 0.1) is 11.3 Å². The van der Waals surface area contributed by atoms with Crippen molar-refractivity contribution in [3.05, 3.63) is 28.8 Å². The molecule has 1 aromatic carbocycles. The molecule has 1 fully saturated rings. The summed E-state index contributed by atoms with van der Waals surface area (Å²) < 4.78 is 5.91. The number of ether oxygens (including phenoxy) is 1. The Bertz CT molecular complexity index is 510. The first-order chi connectivity index (χ1) is 10.1. The summed E-state index contributed by atoms with van der Waals surface area (Å²) in [5.74, 6) is 0.694. The third-order valence-electron chi connectivity index (χ3n) is 3.64. The quantitative estimate of drug-likeness (QED) is 0.858. The second kappa shape index (κ2) is 7.62. The van der Waals surface area contributed by atoms with Crippen LogP contribution in [0.3, 0.4) is 0 Å². The molecule has 114 valence electrons. The average Bonchev–Trinajstić information content (AvgIpc) is 2.49. The molecule has 5 nitrogen and oxygen atoms in total. The third kappa shape index (κ3) is 4.58. The molecule has 0 bridgehead atoms. The zero-order valence-electron chi connectivity index (χ0n) is 11.8. The highest BCUT2D eigenvalue weighted by Gasteiger charge is 2.22. The minimum atomic E-state index is -0.459. The number of aliphatic hydroxyl groups is 1. The van der Waals surface area contributed by atoms with Gasteiger partial charge in [-0.25, -0.2) is 0 Å². The van der Waals surface area contributed by atoms with Crippen molar-refractivity contribution in [1.29, 1.82) is 5.26 Å². The second-order valence-electron chi connectivity index (χ2n) is 5.26. The summed E-state index contributed by atoms with van der Waals surface area (Å²) in [6.07, 6.45) is 1.48. The molecule has 0 saturated carbocycles. The zero-order chi connectivity index (χ0) is 15.2. The van der Waals surface area contributed by atoms with Gasteiger partial charge >= 0.3 is 0 Å². The number of rotatable bonds is 5. The first-order valence-corrected chi connectivity index (χ1v) is 7.47. The summed E-state index contributed by atoms with van der Waals surface area (Å²) >= 11 is 5.99. The summed E-state index contributed by atoms with van der Waals surface area (Å²) in [5, 5.41) is 18.8. The predicted molar refractivity (Wildman–Crippen MR) is 81.3 cm³/mol. The number of β-amino-alcohol motifs (C(OH)–C–C–N with tert-alkyl or cyclic N) is 1. The molecule has 1 atom stereocenters. The molecular formula is C15H20ClN3O2. The van der Waals surface area contributed by atoms with Crippen LogP contribution >= 0.6 is 11.6 Å². The number of nitriles is 1. The lowest BCUT2D eigenvalue weighted by Gasteiger charge is -2.33. The van der Waals surface area contributed by atoms with Crippen LogP contribution in [-0.2, 0) is 0 Å². The van der Waals surface area contributed by atoms with Crippen LogP contribution in [-0.4, -0.2) is 48.4 Å². The van der Waals surface area contributed by atoms with Crippen molar-refractivity contribution in [2.24, 2.45) is 5.73 Å².